The topological polar surface area (TPSA) is 58.4 Å². The third kappa shape index (κ3) is 3.46. The van der Waals surface area contributed by atoms with E-state index in [1.807, 2.05) is 51.0 Å². The van der Waals surface area contributed by atoms with Crippen molar-refractivity contribution in [3.8, 4) is 0 Å². The van der Waals surface area contributed by atoms with Crippen molar-refractivity contribution < 1.29 is 4.79 Å². The zero-order chi connectivity index (χ0) is 13.0. The molecule has 1 unspecified atom stereocenters. The summed E-state index contributed by atoms with van der Waals surface area (Å²) in [6.07, 6.45) is 0. The zero-order valence-corrected chi connectivity index (χ0v) is 10.9. The first kappa shape index (κ1) is 13.5. The van der Waals surface area contributed by atoms with Crippen LogP contribution in [0.4, 0.5) is 11.4 Å². The summed E-state index contributed by atoms with van der Waals surface area (Å²) >= 11 is 0. The number of nitrogens with one attached hydrogen (secondary N) is 1. The Morgan fingerprint density at radius 2 is 2.12 bits per heavy atom. The quantitative estimate of drug-likeness (QED) is 0.833. The van der Waals surface area contributed by atoms with Gasteiger partial charge in [0.15, 0.2) is 0 Å². The van der Waals surface area contributed by atoms with Crippen LogP contribution >= 0.6 is 0 Å². The minimum absolute atomic E-state index is 0.0407. The van der Waals surface area contributed by atoms with Crippen molar-refractivity contribution in [2.75, 3.05) is 30.9 Å². The standard InChI is InChI=1S/C13H21N3O/c1-9-5-6-11(7-12(9)16(3)4)15-13(17)10(2)8-14/h5-7,10H,8,14H2,1-4H3,(H,15,17). The van der Waals surface area contributed by atoms with Gasteiger partial charge in [-0.05, 0) is 24.6 Å². The smallest absolute Gasteiger partial charge is 0.228 e. The number of hydrogen-bond acceptors (Lipinski definition) is 3. The molecule has 0 saturated carbocycles. The fraction of sp³-hybridized carbons (Fsp3) is 0.462. The van der Waals surface area contributed by atoms with Gasteiger partial charge in [0.25, 0.3) is 0 Å². The molecule has 0 aromatic heterocycles. The van der Waals surface area contributed by atoms with E-state index in [1.165, 1.54) is 5.56 Å². The van der Waals surface area contributed by atoms with Gasteiger partial charge in [-0.3, -0.25) is 4.79 Å². The second kappa shape index (κ2) is 5.68. The van der Waals surface area contributed by atoms with Crippen molar-refractivity contribution >= 4 is 17.3 Å². The molecule has 0 saturated heterocycles. The summed E-state index contributed by atoms with van der Waals surface area (Å²) in [7, 11) is 3.97. The van der Waals surface area contributed by atoms with E-state index in [0.717, 1.165) is 11.4 Å². The predicted molar refractivity (Wildman–Crippen MR) is 72.4 cm³/mol. The lowest BCUT2D eigenvalue weighted by Crippen LogP contribution is -2.26. The number of carbonyl (C=O) groups is 1. The molecule has 17 heavy (non-hydrogen) atoms. The van der Waals surface area contributed by atoms with Gasteiger partial charge in [-0.2, -0.15) is 0 Å². The highest BCUT2D eigenvalue weighted by Gasteiger charge is 2.11. The minimum Gasteiger partial charge on any atom is -0.377 e. The number of carbonyl (C=O) groups excluding carboxylic acids is 1. The molecule has 0 spiro atoms. The maximum absolute atomic E-state index is 11.7. The van der Waals surface area contributed by atoms with Crippen LogP contribution in [0, 0.1) is 12.8 Å². The van der Waals surface area contributed by atoms with Crippen molar-refractivity contribution in [2.45, 2.75) is 13.8 Å². The monoisotopic (exact) mass is 235 g/mol. The van der Waals surface area contributed by atoms with Crippen molar-refractivity contribution in [1.82, 2.24) is 0 Å². The molecule has 1 aromatic carbocycles. The van der Waals surface area contributed by atoms with E-state index in [4.69, 9.17) is 5.73 Å². The lowest BCUT2D eigenvalue weighted by molar-refractivity contribution is -0.119. The highest BCUT2D eigenvalue weighted by molar-refractivity contribution is 5.93. The van der Waals surface area contributed by atoms with Gasteiger partial charge >= 0.3 is 0 Å². The van der Waals surface area contributed by atoms with Crippen LogP contribution in [0.3, 0.4) is 0 Å². The van der Waals surface area contributed by atoms with Crippen LogP contribution in [0.5, 0.6) is 0 Å². The van der Waals surface area contributed by atoms with Gasteiger partial charge in [-0.1, -0.05) is 13.0 Å². The van der Waals surface area contributed by atoms with E-state index in [9.17, 15) is 4.79 Å². The van der Waals surface area contributed by atoms with Gasteiger partial charge in [0.2, 0.25) is 5.91 Å². The molecule has 4 heteroatoms. The van der Waals surface area contributed by atoms with Crippen LogP contribution in [0.15, 0.2) is 18.2 Å². The molecular weight excluding hydrogens is 214 g/mol. The maximum atomic E-state index is 11.7. The van der Waals surface area contributed by atoms with Gasteiger partial charge < -0.3 is 16.0 Å². The second-order valence-corrected chi connectivity index (χ2v) is 4.52. The first-order valence-electron chi connectivity index (χ1n) is 5.74. The normalized spacial score (nSPS) is 12.1. The number of anilines is 2. The van der Waals surface area contributed by atoms with E-state index in [-0.39, 0.29) is 11.8 Å². The number of rotatable bonds is 4. The molecule has 0 radical (unpaired) electrons. The predicted octanol–water partition coefficient (Wildman–Crippen LogP) is 1.59. The molecule has 94 valence electrons. The third-order valence-corrected chi connectivity index (χ3v) is 2.76. The van der Waals surface area contributed by atoms with Gasteiger partial charge in [-0.25, -0.2) is 0 Å². The summed E-state index contributed by atoms with van der Waals surface area (Å²) in [4.78, 5) is 13.7. The van der Waals surface area contributed by atoms with Crippen molar-refractivity contribution in [1.29, 1.82) is 0 Å². The van der Waals surface area contributed by atoms with Gasteiger partial charge in [0.05, 0.1) is 0 Å². The molecule has 1 amide bonds. The molecule has 1 atom stereocenters. The molecule has 0 fully saturated rings. The molecule has 1 rings (SSSR count). The van der Waals surface area contributed by atoms with Gasteiger partial charge in [0.1, 0.15) is 0 Å². The molecule has 0 bridgehead atoms. The fourth-order valence-corrected chi connectivity index (χ4v) is 1.54. The lowest BCUT2D eigenvalue weighted by Gasteiger charge is -2.17. The average Bonchev–Trinajstić information content (AvgIpc) is 2.30. The Labute approximate surface area is 103 Å². The third-order valence-electron chi connectivity index (χ3n) is 2.76. The Kier molecular flexibility index (Phi) is 4.52. The summed E-state index contributed by atoms with van der Waals surface area (Å²) in [6, 6.07) is 5.87. The summed E-state index contributed by atoms with van der Waals surface area (Å²) < 4.78 is 0. The Morgan fingerprint density at radius 3 is 2.65 bits per heavy atom. The fourth-order valence-electron chi connectivity index (χ4n) is 1.54. The maximum Gasteiger partial charge on any atom is 0.228 e. The average molecular weight is 235 g/mol. The second-order valence-electron chi connectivity index (χ2n) is 4.52. The van der Waals surface area contributed by atoms with E-state index < -0.39 is 0 Å². The number of nitrogens with two attached hydrogens (primary N) is 1. The number of hydrogen-bond donors (Lipinski definition) is 2. The highest BCUT2D eigenvalue weighted by Crippen LogP contribution is 2.22. The van der Waals surface area contributed by atoms with Crippen LogP contribution in [-0.4, -0.2) is 26.5 Å². The summed E-state index contributed by atoms with van der Waals surface area (Å²) in [5, 5.41) is 2.87. The number of aryl methyl sites for hydroxylation is 1. The molecule has 4 nitrogen and oxygen atoms in total. The van der Waals surface area contributed by atoms with E-state index in [2.05, 4.69) is 5.32 Å². The van der Waals surface area contributed by atoms with Crippen LogP contribution in [0.1, 0.15) is 12.5 Å². The summed E-state index contributed by atoms with van der Waals surface area (Å²) in [5.74, 6) is -0.208. The lowest BCUT2D eigenvalue weighted by atomic mass is 10.1. The van der Waals surface area contributed by atoms with Crippen LogP contribution in [0.25, 0.3) is 0 Å². The molecule has 0 aliphatic rings. The molecule has 3 N–H and O–H groups in total. The van der Waals surface area contributed by atoms with E-state index >= 15 is 0 Å². The summed E-state index contributed by atoms with van der Waals surface area (Å²) in [5.41, 5.74) is 8.55. The summed E-state index contributed by atoms with van der Waals surface area (Å²) in [6.45, 7) is 4.22. The number of amides is 1. The molecule has 0 aliphatic heterocycles. The largest absolute Gasteiger partial charge is 0.377 e. The van der Waals surface area contributed by atoms with E-state index in [1.54, 1.807) is 0 Å². The van der Waals surface area contributed by atoms with Crippen LogP contribution in [0.2, 0.25) is 0 Å². The van der Waals surface area contributed by atoms with Crippen LogP contribution < -0.4 is 16.0 Å². The number of nitrogens with zero attached hydrogens (tertiary/aromatic N) is 1. The van der Waals surface area contributed by atoms with Crippen molar-refractivity contribution in [2.24, 2.45) is 11.7 Å². The highest BCUT2D eigenvalue weighted by atomic mass is 16.1. The van der Waals surface area contributed by atoms with Crippen LogP contribution in [-0.2, 0) is 4.79 Å². The first-order valence-corrected chi connectivity index (χ1v) is 5.74. The Balaban J connectivity index is 2.86. The molecule has 0 heterocycles. The molecular formula is C13H21N3O. The van der Waals surface area contributed by atoms with Crippen molar-refractivity contribution in [3.05, 3.63) is 23.8 Å². The first-order chi connectivity index (χ1) is 7.95. The number of benzene rings is 1. The molecule has 1 aromatic rings. The van der Waals surface area contributed by atoms with Gasteiger partial charge in [0, 0.05) is 37.9 Å². The SMILES string of the molecule is Cc1ccc(NC(=O)C(C)CN)cc1N(C)C. The molecule has 0 aliphatic carbocycles. The van der Waals surface area contributed by atoms with Crippen molar-refractivity contribution in [3.63, 3.8) is 0 Å². The van der Waals surface area contributed by atoms with Gasteiger partial charge in [-0.15, -0.1) is 0 Å². The zero-order valence-electron chi connectivity index (χ0n) is 10.9. The minimum atomic E-state index is -0.167. The Hall–Kier alpha value is -1.55. The Bertz CT molecular complexity index is 402. The van der Waals surface area contributed by atoms with E-state index in [0.29, 0.717) is 6.54 Å². The Morgan fingerprint density at radius 1 is 1.47 bits per heavy atom.